The van der Waals surface area contributed by atoms with Gasteiger partial charge in [0.15, 0.2) is 5.37 Å². The fourth-order valence-electron chi connectivity index (χ4n) is 12.3. The van der Waals surface area contributed by atoms with Crippen LogP contribution >= 0.6 is 11.8 Å². The van der Waals surface area contributed by atoms with E-state index in [-0.39, 0.29) is 55.8 Å². The number of thioether (sulfide) groups is 1. The number of carbonyl (C=O) groups excluding carboxylic acids is 11. The average molecular weight is 1350 g/mol. The summed E-state index contributed by atoms with van der Waals surface area (Å²) in [4.78, 5) is 176. The van der Waals surface area contributed by atoms with Crippen LogP contribution in [0.1, 0.15) is 169 Å². The van der Waals surface area contributed by atoms with E-state index in [0.29, 0.717) is 44.8 Å². The maximum atomic E-state index is 15.4. The van der Waals surface area contributed by atoms with Crippen LogP contribution in [0.2, 0.25) is 0 Å². The first kappa shape index (κ1) is 84.3. The van der Waals surface area contributed by atoms with E-state index in [1.54, 1.807) is 34.6 Å². The molecule has 0 saturated carbocycles. The molecule has 2 aliphatic rings. The molecule has 0 radical (unpaired) electrons. The van der Waals surface area contributed by atoms with Crippen LogP contribution in [-0.4, -0.2) is 258 Å². The second-order valence-corrected chi connectivity index (χ2v) is 29.6. The van der Waals surface area contributed by atoms with Crippen LogP contribution in [0.4, 0.5) is 0 Å². The van der Waals surface area contributed by atoms with Crippen molar-refractivity contribution >= 4 is 76.7 Å². The Labute approximate surface area is 568 Å². The molecule has 0 bridgehead atoms. The predicted molar refractivity (Wildman–Crippen MR) is 370 cm³/mol. The highest BCUT2D eigenvalue weighted by atomic mass is 32.2. The molecule has 11 amide bonds. The van der Waals surface area contributed by atoms with E-state index in [1.165, 1.54) is 109 Å². The lowest BCUT2D eigenvalue weighted by molar-refractivity contribution is -0.156. The number of carbonyl (C=O) groups is 11. The molecule has 24 nitrogen and oxygen atoms in total. The summed E-state index contributed by atoms with van der Waals surface area (Å²) in [6.07, 6.45) is 6.29. The first-order chi connectivity index (χ1) is 43.8. The summed E-state index contributed by atoms with van der Waals surface area (Å²) in [6.45, 7) is 34.1. The average Bonchev–Trinajstić information content (AvgIpc) is 0.831. The number of nitrogens with one attached hydrogen (secondary N) is 4. The van der Waals surface area contributed by atoms with Crippen molar-refractivity contribution in [1.29, 1.82) is 0 Å². The van der Waals surface area contributed by atoms with Gasteiger partial charge in [-0.15, -0.1) is 11.8 Å². The summed E-state index contributed by atoms with van der Waals surface area (Å²) in [6, 6.07) is -11.7. The molecule has 2 heterocycles. The Balaban J connectivity index is 3.07. The normalized spacial score (nSPS) is 27.4. The van der Waals surface area contributed by atoms with Crippen LogP contribution in [0.5, 0.6) is 0 Å². The molecule has 2 unspecified atom stereocenters. The molecule has 0 aliphatic carbocycles. The highest BCUT2D eigenvalue weighted by Crippen LogP contribution is 2.28. The molecule has 2 aliphatic heterocycles. The lowest BCUT2D eigenvalue weighted by Crippen LogP contribution is -2.62. The summed E-state index contributed by atoms with van der Waals surface area (Å²) in [5, 5.41) is 10.2. The Morgan fingerprint density at radius 2 is 0.957 bits per heavy atom. The molecular weight excluding hydrogens is 1220 g/mol. The van der Waals surface area contributed by atoms with Gasteiger partial charge < -0.3 is 60.3 Å². The van der Waals surface area contributed by atoms with Gasteiger partial charge in [-0.05, 0) is 119 Å². The number of hydrogen-bond acceptors (Lipinski definition) is 14. The van der Waals surface area contributed by atoms with Crippen molar-refractivity contribution in [2.75, 3.05) is 87.9 Å². The van der Waals surface area contributed by atoms with Crippen molar-refractivity contribution in [2.45, 2.75) is 235 Å². The van der Waals surface area contributed by atoms with Crippen molar-refractivity contribution in [3.8, 4) is 0 Å². The zero-order chi connectivity index (χ0) is 71.9. The third kappa shape index (κ3) is 24.1. The molecule has 0 aromatic heterocycles. The number of amides is 11. The van der Waals surface area contributed by atoms with Crippen LogP contribution in [0.15, 0.2) is 12.2 Å². The van der Waals surface area contributed by atoms with Crippen molar-refractivity contribution in [3.05, 3.63) is 12.2 Å². The minimum absolute atomic E-state index is 0.0902. The van der Waals surface area contributed by atoms with Crippen molar-refractivity contribution in [1.82, 2.24) is 60.5 Å². The van der Waals surface area contributed by atoms with Crippen molar-refractivity contribution in [2.24, 2.45) is 41.4 Å². The number of morpholine rings is 1. The van der Waals surface area contributed by atoms with Gasteiger partial charge >= 0.3 is 0 Å². The van der Waals surface area contributed by atoms with Gasteiger partial charge in [0, 0.05) is 62.4 Å². The number of ether oxygens (including phenoxy) is 1. The minimum atomic E-state index is -1.22. The zero-order valence-electron chi connectivity index (χ0n) is 61.8. The third-order valence-electron chi connectivity index (χ3n) is 18.4. The number of likely N-dealkylation sites (N-methyl/N-ethyl adjacent to an activating group) is 7. The topological polar surface area (TPSA) is 271 Å². The molecule has 4 N–H and O–H groups in total. The Kier molecular flexibility index (Phi) is 35.9. The number of rotatable bonds is 20. The maximum Gasteiger partial charge on any atom is 0.256 e. The lowest BCUT2D eigenvalue weighted by atomic mass is 9.93. The largest absolute Gasteiger partial charge is 0.379 e. The van der Waals surface area contributed by atoms with Crippen LogP contribution in [-0.2, 0) is 57.5 Å². The summed E-state index contributed by atoms with van der Waals surface area (Å²) in [7, 11) is 10.5. The van der Waals surface area contributed by atoms with Gasteiger partial charge in [0.05, 0.1) is 13.2 Å². The molecule has 0 aromatic rings. The highest BCUT2D eigenvalue weighted by molar-refractivity contribution is 8.00. The number of hydrogen-bond donors (Lipinski definition) is 4. The molecule has 2 fully saturated rings. The van der Waals surface area contributed by atoms with E-state index in [4.69, 9.17) is 4.74 Å². The van der Waals surface area contributed by atoms with Crippen molar-refractivity contribution < 1.29 is 57.5 Å². The van der Waals surface area contributed by atoms with Gasteiger partial charge in [-0.2, -0.15) is 0 Å². The molecular formula is C69H124N12O12S. The van der Waals surface area contributed by atoms with Gasteiger partial charge in [0.25, 0.3) is 5.91 Å². The smallest absolute Gasteiger partial charge is 0.256 e. The van der Waals surface area contributed by atoms with Gasteiger partial charge in [-0.1, -0.05) is 116 Å². The fourth-order valence-corrected chi connectivity index (χ4v) is 13.4. The molecule has 0 spiro atoms. The first-order valence-electron chi connectivity index (χ1n) is 34.4. The van der Waals surface area contributed by atoms with E-state index in [0.717, 1.165) is 13.1 Å². The van der Waals surface area contributed by atoms with E-state index in [9.17, 15) is 19.2 Å². The Morgan fingerprint density at radius 3 is 1.46 bits per heavy atom. The van der Waals surface area contributed by atoms with Crippen LogP contribution in [0, 0.1) is 41.4 Å². The Morgan fingerprint density at radius 1 is 0.489 bits per heavy atom. The van der Waals surface area contributed by atoms with E-state index in [1.807, 2.05) is 81.4 Å². The van der Waals surface area contributed by atoms with Gasteiger partial charge in [0.1, 0.15) is 60.4 Å². The predicted octanol–water partition coefficient (Wildman–Crippen LogP) is 5.08. The third-order valence-corrected chi connectivity index (χ3v) is 19.8. The molecule has 2 saturated heterocycles. The molecule has 0 aromatic carbocycles. The quantitative estimate of drug-likeness (QED) is 0.0915. The molecule has 2 rings (SSSR count). The Bertz CT molecular complexity index is 2550. The number of nitrogens with zero attached hydrogens (tertiary/aromatic N) is 8. The standard InChI is InChI=1S/C69H124N12O12S/c1-25-28-30-46(14)40-52-60(84)72-50(27-3)63(87)80(24)69(94-36-29-31-81-32-34-93-35-33-81)68(92)79(23)57(47(15)26-2)61(85)73-55(44(10)11)66(90)74(18)51(37-41(4)5)59(83)70-48(16)58(82)71-49(17)62(86)76(20)53(38-42(6)7)64(88)77(21)54(39-43(8)9)65(89)78(22)56(45(12)13)67(91)75(52)19/h25,28,41-57,69H,26-27,29-40H2,1-24H3,(H,70,83)(H,71,82)(H,72,84)(H,73,85)/b28-25+/t46-,47?,48+,49-,50?,51-,52-,53-,54-,55+,56-,57+,69-/m1/s1. The minimum Gasteiger partial charge on any atom is -0.379 e. The Hall–Kier alpha value is -5.82. The molecule has 94 heavy (non-hydrogen) atoms. The van der Waals surface area contributed by atoms with E-state index < -0.39 is 149 Å². The summed E-state index contributed by atoms with van der Waals surface area (Å²) in [5.41, 5.74) is 0. The van der Waals surface area contributed by atoms with E-state index >= 15 is 33.6 Å². The fraction of sp³-hybridized carbons (Fsp3) is 0.812. The second-order valence-electron chi connectivity index (χ2n) is 28.5. The van der Waals surface area contributed by atoms with Gasteiger partial charge in [-0.25, -0.2) is 0 Å². The monoisotopic (exact) mass is 1340 g/mol. The molecule has 13 atom stereocenters. The van der Waals surface area contributed by atoms with Crippen LogP contribution < -0.4 is 21.3 Å². The van der Waals surface area contributed by atoms with Crippen LogP contribution in [0.3, 0.4) is 0 Å². The first-order valence-corrected chi connectivity index (χ1v) is 35.5. The second kappa shape index (κ2) is 40.0. The number of allylic oxidation sites excluding steroid dienone is 2. The summed E-state index contributed by atoms with van der Waals surface area (Å²) < 4.78 is 5.57. The SMILES string of the molecule is C/C=C/C[C@@H](C)C[C@@H]1C(=O)NC(CC)C(=O)N(C)[C@H](SCCCN2CCOCC2)C(=O)N(C)[C@@H](C(C)CC)C(=O)N[C@@H](C(C)C)C(=O)N(C)[C@H](CC(C)C)C(=O)N[C@@H](C)C(=O)N[C@H](C)C(=O)N(C)[C@H](CC(C)C)C(=O)N(C)[C@H](CC(C)C)C(=O)N(C)[C@H](C(C)C)C(=O)N1C. The van der Waals surface area contributed by atoms with Gasteiger partial charge in [0.2, 0.25) is 59.1 Å². The van der Waals surface area contributed by atoms with Gasteiger partial charge in [-0.3, -0.25) is 57.6 Å². The summed E-state index contributed by atoms with van der Waals surface area (Å²) >= 11 is 1.24. The highest BCUT2D eigenvalue weighted by Gasteiger charge is 2.45. The van der Waals surface area contributed by atoms with Crippen LogP contribution in [0.25, 0.3) is 0 Å². The molecule has 25 heteroatoms. The summed E-state index contributed by atoms with van der Waals surface area (Å²) in [5.74, 6) is -8.30. The maximum absolute atomic E-state index is 15.4. The zero-order valence-corrected chi connectivity index (χ0v) is 62.6. The molecule has 538 valence electrons. The lowest BCUT2D eigenvalue weighted by Gasteiger charge is -2.41. The van der Waals surface area contributed by atoms with E-state index in [2.05, 4.69) is 26.2 Å². The van der Waals surface area contributed by atoms with Crippen molar-refractivity contribution in [3.63, 3.8) is 0 Å².